The number of sulfonamides is 1. The lowest BCUT2D eigenvalue weighted by atomic mass is 9.84. The number of nitrogens with one attached hydrogen (secondary N) is 4. The third-order valence-electron chi connectivity index (χ3n) is 7.56. The Kier molecular flexibility index (Phi) is 9.17. The van der Waals surface area contributed by atoms with Gasteiger partial charge in [0.25, 0.3) is 15.9 Å². The highest BCUT2D eigenvalue weighted by molar-refractivity contribution is 7.90. The molecule has 1 aliphatic heterocycles. The van der Waals surface area contributed by atoms with Crippen LogP contribution in [0.15, 0.2) is 35.2 Å². The molecule has 5 amide bonds. The Morgan fingerprint density at radius 3 is 2.05 bits per heavy atom. The van der Waals surface area contributed by atoms with Crippen LogP contribution >= 0.6 is 0 Å². The van der Waals surface area contributed by atoms with Crippen LogP contribution in [-0.4, -0.2) is 66.8 Å². The molecule has 0 aromatic heterocycles. The van der Waals surface area contributed by atoms with Gasteiger partial charge in [0.05, 0.1) is 4.90 Å². The molecule has 2 fully saturated rings. The summed E-state index contributed by atoms with van der Waals surface area (Å²) in [6, 6.07) is 5.25. The average molecular weight is 592 g/mol. The smallest absolute Gasteiger partial charge is 0.315 e. The maximum atomic E-state index is 14.0. The zero-order chi connectivity index (χ0) is 31.0. The van der Waals surface area contributed by atoms with Crippen LogP contribution in [0, 0.1) is 17.3 Å². The molecular weight excluding hydrogens is 546 g/mol. The Labute approximate surface area is 243 Å². The van der Waals surface area contributed by atoms with E-state index in [4.69, 9.17) is 0 Å². The molecule has 1 unspecified atom stereocenters. The number of benzene rings is 1. The summed E-state index contributed by atoms with van der Waals surface area (Å²) in [6.07, 6.45) is 1.14. The van der Waals surface area contributed by atoms with E-state index in [2.05, 4.69) is 20.7 Å². The lowest BCUT2D eigenvalue weighted by molar-refractivity contribution is -0.143. The predicted octanol–water partition coefficient (Wildman–Crippen LogP) is 2.53. The summed E-state index contributed by atoms with van der Waals surface area (Å²) in [5, 5.41) is 8.42. The minimum absolute atomic E-state index is 0.0521. The fourth-order valence-corrected chi connectivity index (χ4v) is 6.21. The van der Waals surface area contributed by atoms with E-state index in [-0.39, 0.29) is 35.5 Å². The van der Waals surface area contributed by atoms with Crippen molar-refractivity contribution >= 4 is 33.8 Å². The van der Waals surface area contributed by atoms with Gasteiger partial charge in [-0.05, 0) is 69.4 Å². The number of urea groups is 1. The Hall–Kier alpha value is -3.15. The van der Waals surface area contributed by atoms with Crippen LogP contribution < -0.4 is 20.7 Å². The van der Waals surface area contributed by atoms with E-state index in [1.54, 1.807) is 18.2 Å². The lowest BCUT2D eigenvalue weighted by Gasteiger charge is -2.37. The highest BCUT2D eigenvalue weighted by atomic mass is 32.2. The summed E-state index contributed by atoms with van der Waals surface area (Å²) in [5.74, 6) is -1.83. The van der Waals surface area contributed by atoms with Gasteiger partial charge in [0.2, 0.25) is 11.8 Å². The molecule has 3 rings (SSSR count). The molecule has 0 bridgehead atoms. The van der Waals surface area contributed by atoms with E-state index >= 15 is 0 Å². The van der Waals surface area contributed by atoms with Crippen molar-refractivity contribution < 1.29 is 27.6 Å². The summed E-state index contributed by atoms with van der Waals surface area (Å²) in [4.78, 5) is 55.1. The largest absolute Gasteiger partial charge is 0.340 e. The minimum atomic E-state index is -4.12. The van der Waals surface area contributed by atoms with Crippen LogP contribution in [0.1, 0.15) is 74.7 Å². The number of hydrogen-bond donors (Lipinski definition) is 4. The van der Waals surface area contributed by atoms with Crippen LogP contribution in [0.25, 0.3) is 0 Å². The van der Waals surface area contributed by atoms with Crippen molar-refractivity contribution in [2.75, 3.05) is 6.54 Å². The van der Waals surface area contributed by atoms with Gasteiger partial charge in [0.15, 0.2) is 0 Å². The molecule has 228 valence electrons. The first-order chi connectivity index (χ1) is 18.8. The molecule has 2 aliphatic rings. The number of nitrogens with zero attached hydrogens (tertiary/aromatic N) is 1. The van der Waals surface area contributed by atoms with E-state index in [9.17, 15) is 27.6 Å². The molecule has 12 heteroatoms. The predicted molar refractivity (Wildman–Crippen MR) is 155 cm³/mol. The second-order valence-corrected chi connectivity index (χ2v) is 15.3. The monoisotopic (exact) mass is 591 g/mol. The Morgan fingerprint density at radius 2 is 1.56 bits per heavy atom. The molecule has 11 nitrogen and oxygen atoms in total. The molecule has 1 aliphatic carbocycles. The van der Waals surface area contributed by atoms with Gasteiger partial charge < -0.3 is 20.9 Å². The van der Waals surface area contributed by atoms with Crippen LogP contribution in [0.4, 0.5) is 4.79 Å². The van der Waals surface area contributed by atoms with Gasteiger partial charge in [-0.2, -0.15) is 0 Å². The SMILES string of the molecule is CC(C)[C@H]1CCN(C(=O)C(NC(=O)NC(C)(C)C)C(C)(C)C)[C@@H]1C(=O)NC1(C(=O)NS(=O)(=O)c2ccccc2)CC1. The summed E-state index contributed by atoms with van der Waals surface area (Å²) >= 11 is 0. The van der Waals surface area contributed by atoms with Crippen molar-refractivity contribution in [3.8, 4) is 0 Å². The van der Waals surface area contributed by atoms with E-state index in [1.807, 2.05) is 55.4 Å². The second-order valence-electron chi connectivity index (χ2n) is 13.6. The van der Waals surface area contributed by atoms with Gasteiger partial charge in [-0.25, -0.2) is 17.9 Å². The number of carbonyl (C=O) groups excluding carboxylic acids is 4. The molecule has 1 aromatic carbocycles. The molecule has 0 radical (unpaired) electrons. The Bertz CT molecular complexity index is 1260. The van der Waals surface area contributed by atoms with E-state index in [1.165, 1.54) is 17.0 Å². The van der Waals surface area contributed by atoms with Crippen molar-refractivity contribution in [3.05, 3.63) is 30.3 Å². The number of carbonyl (C=O) groups is 4. The van der Waals surface area contributed by atoms with Crippen molar-refractivity contribution in [1.82, 2.24) is 25.6 Å². The van der Waals surface area contributed by atoms with Crippen molar-refractivity contribution in [3.63, 3.8) is 0 Å². The zero-order valence-corrected chi connectivity index (χ0v) is 26.1. The van der Waals surface area contributed by atoms with Crippen LogP contribution in [0.5, 0.6) is 0 Å². The van der Waals surface area contributed by atoms with E-state index in [0.29, 0.717) is 13.0 Å². The highest BCUT2D eigenvalue weighted by Gasteiger charge is 2.55. The number of rotatable bonds is 8. The van der Waals surface area contributed by atoms with Gasteiger partial charge in [-0.1, -0.05) is 52.8 Å². The summed E-state index contributed by atoms with van der Waals surface area (Å²) in [7, 11) is -4.12. The topological polar surface area (TPSA) is 154 Å². The zero-order valence-electron chi connectivity index (χ0n) is 25.3. The number of likely N-dealkylation sites (tertiary alicyclic amines) is 1. The van der Waals surface area contributed by atoms with E-state index < -0.39 is 56.4 Å². The standard InChI is InChI=1S/C29H45N5O6S/c1-18(2)20-14-17-34(24(36)22(27(3,4)5)30-26(38)32-28(6,7)8)21(20)23(35)31-29(15-16-29)25(37)33-41(39,40)19-12-10-9-11-13-19/h9-13,18,20-22H,14-17H2,1-8H3,(H,31,35)(H,33,37)(H2,30,32,38)/t20-,21+,22?/m1/s1. The molecule has 1 saturated heterocycles. The molecule has 3 atom stereocenters. The number of amides is 5. The summed E-state index contributed by atoms with van der Waals surface area (Å²) in [6.45, 7) is 15.3. The molecule has 1 heterocycles. The summed E-state index contributed by atoms with van der Waals surface area (Å²) < 4.78 is 27.6. The average Bonchev–Trinajstić information content (AvgIpc) is 3.47. The van der Waals surface area contributed by atoms with Crippen molar-refractivity contribution in [2.24, 2.45) is 17.3 Å². The molecule has 1 saturated carbocycles. The quantitative estimate of drug-likeness (QED) is 0.364. The molecule has 0 spiro atoms. The fraction of sp³-hybridized carbons (Fsp3) is 0.655. The third-order valence-corrected chi connectivity index (χ3v) is 8.90. The van der Waals surface area contributed by atoms with Crippen LogP contribution in [0.3, 0.4) is 0 Å². The Balaban J connectivity index is 1.82. The summed E-state index contributed by atoms with van der Waals surface area (Å²) in [5.41, 5.74) is -2.54. The maximum Gasteiger partial charge on any atom is 0.315 e. The second kappa shape index (κ2) is 11.6. The number of hydrogen-bond acceptors (Lipinski definition) is 6. The van der Waals surface area contributed by atoms with Crippen LogP contribution in [-0.2, 0) is 24.4 Å². The molecule has 1 aromatic rings. The van der Waals surface area contributed by atoms with Gasteiger partial charge in [-0.3, -0.25) is 14.4 Å². The van der Waals surface area contributed by atoms with Gasteiger partial charge in [0.1, 0.15) is 17.6 Å². The van der Waals surface area contributed by atoms with E-state index in [0.717, 1.165) is 0 Å². The third kappa shape index (κ3) is 7.78. The van der Waals surface area contributed by atoms with Crippen LogP contribution in [0.2, 0.25) is 0 Å². The van der Waals surface area contributed by atoms with Gasteiger partial charge in [-0.15, -0.1) is 0 Å². The molecule has 41 heavy (non-hydrogen) atoms. The first kappa shape index (κ1) is 32.4. The highest BCUT2D eigenvalue weighted by Crippen LogP contribution is 2.38. The first-order valence-corrected chi connectivity index (χ1v) is 15.6. The van der Waals surface area contributed by atoms with Crippen molar-refractivity contribution in [2.45, 2.75) is 103 Å². The first-order valence-electron chi connectivity index (χ1n) is 14.1. The molecular formula is C29H45N5O6S. The molecule has 4 N–H and O–H groups in total. The maximum absolute atomic E-state index is 14.0. The Morgan fingerprint density at radius 1 is 0.976 bits per heavy atom. The fourth-order valence-electron chi connectivity index (χ4n) is 5.14. The van der Waals surface area contributed by atoms with Crippen molar-refractivity contribution in [1.29, 1.82) is 0 Å². The minimum Gasteiger partial charge on any atom is -0.340 e. The normalized spacial score (nSPS) is 21.1. The van der Waals surface area contributed by atoms with Gasteiger partial charge in [0, 0.05) is 12.1 Å². The van der Waals surface area contributed by atoms with Gasteiger partial charge >= 0.3 is 6.03 Å². The lowest BCUT2D eigenvalue weighted by Crippen LogP contribution is -2.62.